The average Bonchev–Trinajstić information content (AvgIpc) is 3.06. The van der Waals surface area contributed by atoms with E-state index in [1.165, 1.54) is 17.0 Å². The Morgan fingerprint density at radius 3 is 2.32 bits per heavy atom. The van der Waals surface area contributed by atoms with Crippen LogP contribution >= 0.6 is 24.0 Å². The van der Waals surface area contributed by atoms with Crippen molar-refractivity contribution in [2.24, 2.45) is 16.6 Å². The largest absolute Gasteiger partial charge is 0.401 e. The molecule has 2 heterocycles. The van der Waals surface area contributed by atoms with Crippen molar-refractivity contribution in [1.29, 1.82) is 0 Å². The molecule has 0 amide bonds. The van der Waals surface area contributed by atoms with Gasteiger partial charge in [0.2, 0.25) is 0 Å². The van der Waals surface area contributed by atoms with E-state index in [-0.39, 0.29) is 35.7 Å². The Hall–Kier alpha value is -1.30. The van der Waals surface area contributed by atoms with Crippen molar-refractivity contribution in [2.75, 3.05) is 57.3 Å². The summed E-state index contributed by atoms with van der Waals surface area (Å²) in [7, 11) is 0. The van der Waals surface area contributed by atoms with E-state index < -0.39 is 12.7 Å². The van der Waals surface area contributed by atoms with Gasteiger partial charge in [-0.3, -0.25) is 9.89 Å². The molecule has 28 heavy (non-hydrogen) atoms. The number of guanidine groups is 1. The molecular weight excluding hydrogens is 489 g/mol. The monoisotopic (exact) mass is 515 g/mol. The molecule has 2 aliphatic rings. The Morgan fingerprint density at radius 1 is 1.07 bits per heavy atom. The molecule has 2 fully saturated rings. The second-order valence-electron chi connectivity index (χ2n) is 7.15. The number of likely N-dealkylation sites (tertiary alicyclic amines) is 1. The van der Waals surface area contributed by atoms with Crippen molar-refractivity contribution in [3.05, 3.63) is 30.1 Å². The van der Waals surface area contributed by atoms with Crippen LogP contribution < -0.4 is 10.6 Å². The van der Waals surface area contributed by atoms with E-state index in [4.69, 9.17) is 5.73 Å². The number of nitrogens with two attached hydrogens (primary N) is 1. The van der Waals surface area contributed by atoms with Gasteiger partial charge in [-0.25, -0.2) is 4.39 Å². The molecule has 0 spiro atoms. The lowest BCUT2D eigenvalue weighted by molar-refractivity contribution is -0.143. The molecule has 0 aliphatic carbocycles. The first-order valence-corrected chi connectivity index (χ1v) is 9.14. The summed E-state index contributed by atoms with van der Waals surface area (Å²) in [6.07, 6.45) is -3.44. The van der Waals surface area contributed by atoms with Gasteiger partial charge in [0.15, 0.2) is 5.96 Å². The summed E-state index contributed by atoms with van der Waals surface area (Å²) in [5.41, 5.74) is 7.06. The molecule has 1 aromatic carbocycles. The molecule has 2 N–H and O–H groups in total. The molecule has 1 unspecified atom stereocenters. The molecule has 2 aliphatic heterocycles. The quantitative estimate of drug-likeness (QED) is 0.290. The third-order valence-electron chi connectivity index (χ3n) is 5.08. The first-order chi connectivity index (χ1) is 12.8. The predicted octanol–water partition coefficient (Wildman–Crippen LogP) is 2.76. The number of rotatable bonds is 4. The summed E-state index contributed by atoms with van der Waals surface area (Å²) < 4.78 is 50.4. The van der Waals surface area contributed by atoms with Crippen molar-refractivity contribution < 1.29 is 17.6 Å². The Morgan fingerprint density at radius 2 is 1.71 bits per heavy atom. The van der Waals surface area contributed by atoms with Gasteiger partial charge in [-0.1, -0.05) is 0 Å². The molecule has 10 heteroatoms. The van der Waals surface area contributed by atoms with E-state index in [9.17, 15) is 17.6 Å². The van der Waals surface area contributed by atoms with Crippen LogP contribution in [0.5, 0.6) is 0 Å². The zero-order valence-corrected chi connectivity index (χ0v) is 17.9. The van der Waals surface area contributed by atoms with E-state index in [1.807, 2.05) is 4.90 Å². The van der Waals surface area contributed by atoms with Crippen molar-refractivity contribution in [3.8, 4) is 0 Å². The van der Waals surface area contributed by atoms with Crippen LogP contribution in [0.15, 0.2) is 29.3 Å². The highest BCUT2D eigenvalue weighted by molar-refractivity contribution is 14.0. The van der Waals surface area contributed by atoms with Gasteiger partial charge in [-0.05, 0) is 43.1 Å². The smallest absolute Gasteiger partial charge is 0.370 e. The minimum atomic E-state index is -4.15. The van der Waals surface area contributed by atoms with E-state index in [0.29, 0.717) is 45.1 Å². The molecule has 0 radical (unpaired) electrons. The number of halogens is 5. The Bertz CT molecular complexity index is 644. The lowest BCUT2D eigenvalue weighted by Gasteiger charge is -2.36. The van der Waals surface area contributed by atoms with Gasteiger partial charge in [-0.2, -0.15) is 13.2 Å². The standard InChI is InChI=1S/C18H25F4N5.HI/c19-15-1-3-16(4-2-15)26-7-9-27(10-8-26)17(23)24-11-14-5-6-25(12-14)13-18(20,21)22;/h1-4,14H,5-13H2,(H2,23,24);1H. The normalized spacial score (nSPS) is 21.7. The van der Waals surface area contributed by atoms with Gasteiger partial charge in [0.1, 0.15) is 5.82 Å². The van der Waals surface area contributed by atoms with Crippen LogP contribution in [-0.2, 0) is 0 Å². The number of hydrogen-bond acceptors (Lipinski definition) is 3. The number of piperazine rings is 1. The first kappa shape index (κ1) is 23.0. The third kappa shape index (κ3) is 6.64. The molecule has 1 atom stereocenters. The van der Waals surface area contributed by atoms with Crippen molar-refractivity contribution >= 4 is 35.6 Å². The van der Waals surface area contributed by atoms with Crippen molar-refractivity contribution in [2.45, 2.75) is 12.6 Å². The molecule has 3 rings (SSSR count). The maximum Gasteiger partial charge on any atom is 0.401 e. The van der Waals surface area contributed by atoms with Gasteiger partial charge in [-0.15, -0.1) is 24.0 Å². The molecule has 1 aromatic rings. The summed E-state index contributed by atoms with van der Waals surface area (Å²) in [5.74, 6) is 0.309. The molecule has 0 bridgehead atoms. The van der Waals surface area contributed by atoms with E-state index in [0.717, 1.165) is 18.8 Å². The molecule has 0 saturated carbocycles. The Labute approximate surface area is 179 Å². The number of nitrogens with zero attached hydrogens (tertiary/aromatic N) is 4. The van der Waals surface area contributed by atoms with Crippen LogP contribution in [0.25, 0.3) is 0 Å². The van der Waals surface area contributed by atoms with Crippen LogP contribution in [0, 0.1) is 11.7 Å². The van der Waals surface area contributed by atoms with Gasteiger partial charge in [0.25, 0.3) is 0 Å². The maximum atomic E-state index is 13.0. The van der Waals surface area contributed by atoms with Crippen LogP contribution in [0.2, 0.25) is 0 Å². The second kappa shape index (κ2) is 9.95. The van der Waals surface area contributed by atoms with Crippen LogP contribution in [0.1, 0.15) is 6.42 Å². The highest BCUT2D eigenvalue weighted by Crippen LogP contribution is 2.23. The molecule has 0 aromatic heterocycles. The lowest BCUT2D eigenvalue weighted by Crippen LogP contribution is -2.51. The van der Waals surface area contributed by atoms with Gasteiger partial charge < -0.3 is 15.5 Å². The van der Waals surface area contributed by atoms with Crippen LogP contribution in [0.4, 0.5) is 23.2 Å². The highest BCUT2D eigenvalue weighted by Gasteiger charge is 2.34. The Kier molecular flexibility index (Phi) is 8.17. The third-order valence-corrected chi connectivity index (χ3v) is 5.08. The summed E-state index contributed by atoms with van der Waals surface area (Å²) in [4.78, 5) is 9.99. The number of aliphatic imine (C=N–C) groups is 1. The zero-order valence-electron chi connectivity index (χ0n) is 15.5. The maximum absolute atomic E-state index is 13.0. The molecular formula is C18H26F4IN5. The van der Waals surface area contributed by atoms with Gasteiger partial charge in [0, 0.05) is 45.0 Å². The summed E-state index contributed by atoms with van der Waals surface area (Å²) in [6, 6.07) is 6.41. The SMILES string of the molecule is I.NC(=NCC1CCN(CC(F)(F)F)C1)N1CCN(c2ccc(F)cc2)CC1. The lowest BCUT2D eigenvalue weighted by atomic mass is 10.1. The first-order valence-electron chi connectivity index (χ1n) is 9.14. The minimum absolute atomic E-state index is 0. The summed E-state index contributed by atoms with van der Waals surface area (Å²) >= 11 is 0. The van der Waals surface area contributed by atoms with Crippen molar-refractivity contribution in [1.82, 2.24) is 9.80 Å². The van der Waals surface area contributed by atoms with Crippen molar-refractivity contribution in [3.63, 3.8) is 0 Å². The minimum Gasteiger partial charge on any atom is -0.370 e. The zero-order chi connectivity index (χ0) is 19.4. The van der Waals surface area contributed by atoms with E-state index >= 15 is 0 Å². The van der Waals surface area contributed by atoms with Crippen LogP contribution in [-0.4, -0.2) is 74.3 Å². The fourth-order valence-electron chi connectivity index (χ4n) is 3.63. The number of anilines is 1. The molecule has 5 nitrogen and oxygen atoms in total. The van der Waals surface area contributed by atoms with Gasteiger partial charge in [0.05, 0.1) is 6.54 Å². The fraction of sp³-hybridized carbons (Fsp3) is 0.611. The van der Waals surface area contributed by atoms with Crippen LogP contribution in [0.3, 0.4) is 0 Å². The fourth-order valence-corrected chi connectivity index (χ4v) is 3.63. The Balaban J connectivity index is 0.00000280. The number of benzene rings is 1. The molecule has 2 saturated heterocycles. The summed E-state index contributed by atoms with van der Waals surface area (Å²) in [5, 5.41) is 0. The molecule has 158 valence electrons. The number of hydrogen-bond donors (Lipinski definition) is 1. The average molecular weight is 515 g/mol. The van der Waals surface area contributed by atoms with Gasteiger partial charge >= 0.3 is 6.18 Å². The number of alkyl halides is 3. The predicted molar refractivity (Wildman–Crippen MR) is 113 cm³/mol. The summed E-state index contributed by atoms with van der Waals surface area (Å²) in [6.45, 7) is 3.39. The topological polar surface area (TPSA) is 48.1 Å². The van der Waals surface area contributed by atoms with E-state index in [2.05, 4.69) is 9.89 Å². The second-order valence-corrected chi connectivity index (χ2v) is 7.15. The highest BCUT2D eigenvalue weighted by atomic mass is 127. The van der Waals surface area contributed by atoms with E-state index in [1.54, 1.807) is 12.1 Å².